The quantitative estimate of drug-likeness (QED) is 0.571. The lowest BCUT2D eigenvalue weighted by atomic mass is 10.1. The topological polar surface area (TPSA) is 55.1 Å². The molecule has 1 aromatic rings. The summed E-state index contributed by atoms with van der Waals surface area (Å²) in [5.41, 5.74) is 7.67. The number of aryl methyl sites for hydroxylation is 1. The van der Waals surface area contributed by atoms with E-state index in [1.54, 1.807) is 0 Å². The number of hydrogen-bond donors (Lipinski definition) is 2. The zero-order valence-corrected chi connectivity index (χ0v) is 13.9. The van der Waals surface area contributed by atoms with Gasteiger partial charge in [-0.3, -0.25) is 4.79 Å². The van der Waals surface area contributed by atoms with E-state index in [0.717, 1.165) is 29.2 Å². The maximum Gasteiger partial charge on any atom is 0.220 e. The second-order valence-electron chi connectivity index (χ2n) is 4.65. The summed E-state index contributed by atoms with van der Waals surface area (Å²) in [5, 5.41) is 3.04. The number of nitrogens with one attached hydrogen (secondary N) is 1. The van der Waals surface area contributed by atoms with Crippen LogP contribution in [0.15, 0.2) is 24.3 Å². The van der Waals surface area contributed by atoms with Gasteiger partial charge in [-0.2, -0.15) is 11.8 Å². The second-order valence-corrected chi connectivity index (χ2v) is 6.05. The van der Waals surface area contributed by atoms with E-state index in [2.05, 4.69) is 19.2 Å². The molecular formula is C15H25ClN2OS. The number of hydrogen-bond acceptors (Lipinski definition) is 3. The molecule has 5 heteroatoms. The Morgan fingerprint density at radius 1 is 1.40 bits per heavy atom. The number of carbonyl (C=O) groups is 1. The van der Waals surface area contributed by atoms with E-state index < -0.39 is 0 Å². The van der Waals surface area contributed by atoms with Crippen LogP contribution in [0.3, 0.4) is 0 Å². The van der Waals surface area contributed by atoms with E-state index in [-0.39, 0.29) is 24.4 Å². The largest absolute Gasteiger partial charge is 0.399 e. The van der Waals surface area contributed by atoms with Crippen LogP contribution >= 0.6 is 24.2 Å². The van der Waals surface area contributed by atoms with Gasteiger partial charge >= 0.3 is 0 Å². The first-order valence-corrected chi connectivity index (χ1v) is 7.99. The molecule has 0 heterocycles. The molecule has 0 spiro atoms. The van der Waals surface area contributed by atoms with Crippen molar-refractivity contribution in [1.82, 2.24) is 5.32 Å². The molecule has 1 unspecified atom stereocenters. The predicted octanol–water partition coefficient (Wildman–Crippen LogP) is 3.27. The Bertz CT molecular complexity index is 401. The maximum atomic E-state index is 11.8. The Balaban J connectivity index is 0.00000361. The van der Waals surface area contributed by atoms with E-state index in [0.29, 0.717) is 12.8 Å². The van der Waals surface area contributed by atoms with Gasteiger partial charge in [0.1, 0.15) is 0 Å². The van der Waals surface area contributed by atoms with Gasteiger partial charge in [0.15, 0.2) is 0 Å². The van der Waals surface area contributed by atoms with Crippen LogP contribution in [0.2, 0.25) is 0 Å². The van der Waals surface area contributed by atoms with Crippen molar-refractivity contribution in [2.75, 3.05) is 17.2 Å². The Morgan fingerprint density at radius 3 is 2.75 bits per heavy atom. The van der Waals surface area contributed by atoms with Gasteiger partial charge < -0.3 is 11.1 Å². The van der Waals surface area contributed by atoms with Gasteiger partial charge in [0, 0.05) is 18.2 Å². The standard InChI is InChI=1S/C15H24N2OS.ClH/c1-3-19-11-10-12(2)17-15(18)9-8-13-6-4-5-7-14(13)16;/h4-7,12H,3,8-11,16H2,1-2H3,(H,17,18);1H. The summed E-state index contributed by atoms with van der Waals surface area (Å²) in [6.45, 7) is 4.21. The third-order valence-electron chi connectivity index (χ3n) is 2.98. The molecule has 0 saturated carbocycles. The Labute approximate surface area is 132 Å². The van der Waals surface area contributed by atoms with Crippen LogP contribution in [-0.2, 0) is 11.2 Å². The van der Waals surface area contributed by atoms with E-state index in [1.165, 1.54) is 0 Å². The number of rotatable bonds is 8. The number of nitrogens with two attached hydrogens (primary N) is 1. The molecule has 0 fully saturated rings. The molecule has 114 valence electrons. The predicted molar refractivity (Wildman–Crippen MR) is 91.6 cm³/mol. The number of nitrogen functional groups attached to an aromatic ring is 1. The number of benzene rings is 1. The summed E-state index contributed by atoms with van der Waals surface area (Å²) in [6, 6.07) is 7.96. The lowest BCUT2D eigenvalue weighted by Crippen LogP contribution is -2.33. The second kappa shape index (κ2) is 10.9. The van der Waals surface area contributed by atoms with Crippen LogP contribution in [0.4, 0.5) is 5.69 Å². The zero-order chi connectivity index (χ0) is 14.1. The Hall–Kier alpha value is -0.870. The lowest BCUT2D eigenvalue weighted by Gasteiger charge is -2.13. The minimum atomic E-state index is 0. The summed E-state index contributed by atoms with van der Waals surface area (Å²) in [5.74, 6) is 2.34. The zero-order valence-electron chi connectivity index (χ0n) is 12.2. The first kappa shape index (κ1) is 19.1. The smallest absolute Gasteiger partial charge is 0.220 e. The average Bonchev–Trinajstić information content (AvgIpc) is 2.38. The Morgan fingerprint density at radius 2 is 2.10 bits per heavy atom. The molecule has 1 amide bonds. The van der Waals surface area contributed by atoms with Crippen molar-refractivity contribution in [3.05, 3.63) is 29.8 Å². The molecule has 1 aromatic carbocycles. The van der Waals surface area contributed by atoms with Gasteiger partial charge in [-0.15, -0.1) is 12.4 Å². The van der Waals surface area contributed by atoms with Gasteiger partial charge in [0.25, 0.3) is 0 Å². The normalized spacial score (nSPS) is 11.5. The molecule has 0 bridgehead atoms. The van der Waals surface area contributed by atoms with Crippen LogP contribution in [0.25, 0.3) is 0 Å². The van der Waals surface area contributed by atoms with Crippen molar-refractivity contribution < 1.29 is 4.79 Å². The molecular weight excluding hydrogens is 292 g/mol. The summed E-state index contributed by atoms with van der Waals surface area (Å²) < 4.78 is 0. The monoisotopic (exact) mass is 316 g/mol. The van der Waals surface area contributed by atoms with Crippen molar-refractivity contribution in [3.8, 4) is 0 Å². The molecule has 0 radical (unpaired) electrons. The highest BCUT2D eigenvalue weighted by atomic mass is 35.5. The third kappa shape index (κ3) is 7.65. The lowest BCUT2D eigenvalue weighted by molar-refractivity contribution is -0.121. The maximum absolute atomic E-state index is 11.8. The fourth-order valence-corrected chi connectivity index (χ4v) is 2.64. The molecule has 0 aliphatic heterocycles. The van der Waals surface area contributed by atoms with Gasteiger partial charge in [-0.05, 0) is 42.9 Å². The summed E-state index contributed by atoms with van der Waals surface area (Å²) >= 11 is 1.91. The number of thioether (sulfide) groups is 1. The van der Waals surface area contributed by atoms with Crippen molar-refractivity contribution in [2.45, 2.75) is 39.2 Å². The van der Waals surface area contributed by atoms with Crippen LogP contribution in [0.5, 0.6) is 0 Å². The van der Waals surface area contributed by atoms with Gasteiger partial charge in [-0.1, -0.05) is 25.1 Å². The highest BCUT2D eigenvalue weighted by molar-refractivity contribution is 7.99. The molecule has 3 nitrogen and oxygen atoms in total. The van der Waals surface area contributed by atoms with E-state index in [1.807, 2.05) is 36.0 Å². The van der Waals surface area contributed by atoms with E-state index >= 15 is 0 Å². The number of carbonyl (C=O) groups excluding carboxylic acids is 1. The fraction of sp³-hybridized carbons (Fsp3) is 0.533. The first-order chi connectivity index (χ1) is 9.13. The fourth-order valence-electron chi connectivity index (χ4n) is 1.83. The molecule has 0 aliphatic rings. The number of halogens is 1. The summed E-state index contributed by atoms with van der Waals surface area (Å²) in [6.07, 6.45) is 2.23. The van der Waals surface area contributed by atoms with Crippen molar-refractivity contribution in [3.63, 3.8) is 0 Å². The molecule has 0 aromatic heterocycles. The number of amides is 1. The van der Waals surface area contributed by atoms with E-state index in [9.17, 15) is 4.79 Å². The minimum absolute atomic E-state index is 0. The molecule has 0 aliphatic carbocycles. The molecule has 1 rings (SSSR count). The SMILES string of the molecule is CCSCCC(C)NC(=O)CCc1ccccc1N.Cl. The van der Waals surface area contributed by atoms with E-state index in [4.69, 9.17) is 5.73 Å². The Kier molecular flexibility index (Phi) is 10.4. The van der Waals surface area contributed by atoms with Gasteiger partial charge in [-0.25, -0.2) is 0 Å². The molecule has 3 N–H and O–H groups in total. The number of para-hydroxylation sites is 1. The molecule has 1 atom stereocenters. The van der Waals surface area contributed by atoms with Crippen LogP contribution in [-0.4, -0.2) is 23.5 Å². The highest BCUT2D eigenvalue weighted by Crippen LogP contribution is 2.12. The van der Waals surface area contributed by atoms with Crippen molar-refractivity contribution >= 4 is 35.8 Å². The highest BCUT2D eigenvalue weighted by Gasteiger charge is 2.08. The average molecular weight is 317 g/mol. The molecule has 20 heavy (non-hydrogen) atoms. The molecule has 0 saturated heterocycles. The summed E-state index contributed by atoms with van der Waals surface area (Å²) in [4.78, 5) is 11.8. The van der Waals surface area contributed by atoms with Crippen molar-refractivity contribution in [2.24, 2.45) is 0 Å². The van der Waals surface area contributed by atoms with Crippen LogP contribution < -0.4 is 11.1 Å². The van der Waals surface area contributed by atoms with Crippen molar-refractivity contribution in [1.29, 1.82) is 0 Å². The minimum Gasteiger partial charge on any atom is -0.399 e. The number of anilines is 1. The van der Waals surface area contributed by atoms with Crippen LogP contribution in [0.1, 0.15) is 32.3 Å². The van der Waals surface area contributed by atoms with Gasteiger partial charge in [0.2, 0.25) is 5.91 Å². The first-order valence-electron chi connectivity index (χ1n) is 6.84. The third-order valence-corrected chi connectivity index (χ3v) is 3.92. The van der Waals surface area contributed by atoms with Gasteiger partial charge in [0.05, 0.1) is 0 Å². The van der Waals surface area contributed by atoms with Crippen LogP contribution in [0, 0.1) is 0 Å². The summed E-state index contributed by atoms with van der Waals surface area (Å²) in [7, 11) is 0.